The third-order valence-corrected chi connectivity index (χ3v) is 5.29. The summed E-state index contributed by atoms with van der Waals surface area (Å²) in [4.78, 5) is 24.5. The quantitative estimate of drug-likeness (QED) is 0.660. The zero-order valence-electron chi connectivity index (χ0n) is 16.4. The number of anilines is 1. The van der Waals surface area contributed by atoms with Crippen molar-refractivity contribution >= 4 is 23.4 Å². The van der Waals surface area contributed by atoms with E-state index in [1.165, 1.54) is 22.5 Å². The van der Waals surface area contributed by atoms with Gasteiger partial charge in [-0.25, -0.2) is 0 Å². The lowest BCUT2D eigenvalue weighted by atomic mass is 10.1. The van der Waals surface area contributed by atoms with Gasteiger partial charge in [0.2, 0.25) is 5.91 Å². The Balaban J connectivity index is 1.71. The molecule has 1 N–H and O–H groups in total. The van der Waals surface area contributed by atoms with Crippen molar-refractivity contribution in [1.82, 2.24) is 9.78 Å². The highest BCUT2D eigenvalue weighted by atomic mass is 32.2. The van der Waals surface area contributed by atoms with E-state index in [1.54, 1.807) is 6.07 Å². The van der Waals surface area contributed by atoms with Crippen molar-refractivity contribution in [2.24, 2.45) is 0 Å². The molecule has 0 radical (unpaired) electrons. The number of benzene rings is 2. The number of hydrogen-bond acceptors (Lipinski definition) is 4. The van der Waals surface area contributed by atoms with Gasteiger partial charge in [0.05, 0.1) is 11.4 Å². The predicted octanol–water partition coefficient (Wildman–Crippen LogP) is 4.20. The van der Waals surface area contributed by atoms with Crippen LogP contribution in [0, 0.1) is 27.7 Å². The summed E-state index contributed by atoms with van der Waals surface area (Å²) in [6, 6.07) is 14.8. The van der Waals surface area contributed by atoms with E-state index in [-0.39, 0.29) is 17.2 Å². The van der Waals surface area contributed by atoms with Crippen molar-refractivity contribution in [2.45, 2.75) is 32.7 Å². The molecule has 3 rings (SSSR count). The Labute approximate surface area is 168 Å². The van der Waals surface area contributed by atoms with Crippen LogP contribution >= 0.6 is 11.8 Å². The fraction of sp³-hybridized carbons (Fsp3) is 0.227. The summed E-state index contributed by atoms with van der Waals surface area (Å²) in [5.74, 6) is 0.103. The maximum Gasteiger partial charge on any atom is 0.271 e. The summed E-state index contributed by atoms with van der Waals surface area (Å²) in [6.45, 7) is 8.02. The third kappa shape index (κ3) is 4.89. The Morgan fingerprint density at radius 1 is 0.964 bits per heavy atom. The molecule has 0 saturated heterocycles. The largest absolute Gasteiger partial charge is 0.325 e. The number of aromatic nitrogens is 2. The molecular weight excluding hydrogens is 370 g/mol. The van der Waals surface area contributed by atoms with Crippen LogP contribution in [0.15, 0.2) is 58.4 Å². The van der Waals surface area contributed by atoms with E-state index in [0.717, 1.165) is 33.6 Å². The van der Waals surface area contributed by atoms with Crippen LogP contribution in [-0.4, -0.2) is 21.4 Å². The second kappa shape index (κ2) is 8.44. The molecule has 0 fully saturated rings. The number of hydrogen-bond donors (Lipinski definition) is 1. The maximum atomic E-state index is 12.3. The lowest BCUT2D eigenvalue weighted by Crippen LogP contribution is -2.21. The topological polar surface area (TPSA) is 64.0 Å². The minimum Gasteiger partial charge on any atom is -0.325 e. The monoisotopic (exact) mass is 393 g/mol. The van der Waals surface area contributed by atoms with Gasteiger partial charge in [-0.3, -0.25) is 9.59 Å². The number of amides is 1. The molecule has 1 aromatic heterocycles. The number of carbonyl (C=O) groups is 1. The molecule has 0 aliphatic carbocycles. The molecule has 0 unspecified atom stereocenters. The fourth-order valence-corrected chi connectivity index (χ4v) is 3.55. The van der Waals surface area contributed by atoms with Gasteiger partial charge in [-0.1, -0.05) is 23.9 Å². The number of rotatable bonds is 5. The summed E-state index contributed by atoms with van der Waals surface area (Å²) in [6.07, 6.45) is 0. The molecule has 5 nitrogen and oxygen atoms in total. The first-order valence-electron chi connectivity index (χ1n) is 9.01. The van der Waals surface area contributed by atoms with Crippen molar-refractivity contribution in [3.8, 4) is 5.69 Å². The first kappa shape index (κ1) is 19.9. The molecule has 1 amide bonds. The summed E-state index contributed by atoms with van der Waals surface area (Å²) < 4.78 is 1.37. The third-order valence-electron chi connectivity index (χ3n) is 4.37. The lowest BCUT2D eigenvalue weighted by Gasteiger charge is -2.09. The molecule has 0 aliphatic heterocycles. The highest BCUT2D eigenvalue weighted by molar-refractivity contribution is 7.99. The van der Waals surface area contributed by atoms with Gasteiger partial charge in [0.25, 0.3) is 5.56 Å². The van der Waals surface area contributed by atoms with Gasteiger partial charge in [0.1, 0.15) is 5.03 Å². The fourth-order valence-electron chi connectivity index (χ4n) is 2.90. The van der Waals surface area contributed by atoms with Crippen LogP contribution in [0.3, 0.4) is 0 Å². The number of carbonyl (C=O) groups excluding carboxylic acids is 1. The zero-order valence-corrected chi connectivity index (χ0v) is 17.3. The highest BCUT2D eigenvalue weighted by Crippen LogP contribution is 2.18. The van der Waals surface area contributed by atoms with E-state index >= 15 is 0 Å². The summed E-state index contributed by atoms with van der Waals surface area (Å²) in [5, 5.41) is 7.94. The Kier molecular flexibility index (Phi) is 5.99. The molecular formula is C22H23N3O2S. The van der Waals surface area contributed by atoms with E-state index < -0.39 is 0 Å². The van der Waals surface area contributed by atoms with Crippen LogP contribution in [0.1, 0.15) is 22.3 Å². The highest BCUT2D eigenvalue weighted by Gasteiger charge is 2.09. The minimum absolute atomic E-state index is 0.110. The Hall–Kier alpha value is -2.86. The van der Waals surface area contributed by atoms with E-state index in [1.807, 2.05) is 58.0 Å². The number of aryl methyl sites for hydroxylation is 4. The van der Waals surface area contributed by atoms with E-state index in [9.17, 15) is 9.59 Å². The van der Waals surface area contributed by atoms with Crippen LogP contribution in [0.2, 0.25) is 0 Å². The smallest absolute Gasteiger partial charge is 0.271 e. The molecule has 0 bridgehead atoms. The van der Waals surface area contributed by atoms with Gasteiger partial charge in [0.15, 0.2) is 0 Å². The summed E-state index contributed by atoms with van der Waals surface area (Å²) in [7, 11) is 0. The molecule has 3 aromatic rings. The zero-order chi connectivity index (χ0) is 20.3. The SMILES string of the molecule is Cc1cc(C)cc(NC(=O)CSc2ccc(=O)n(-c3ccc(C)c(C)c3)n2)c1. The van der Waals surface area contributed by atoms with Crippen LogP contribution in [-0.2, 0) is 4.79 Å². The van der Waals surface area contributed by atoms with Crippen molar-refractivity contribution in [2.75, 3.05) is 11.1 Å². The molecule has 144 valence electrons. The molecule has 0 aliphatic rings. The first-order valence-corrected chi connectivity index (χ1v) is 9.99. The molecule has 1 heterocycles. The van der Waals surface area contributed by atoms with Crippen LogP contribution in [0.25, 0.3) is 5.69 Å². The van der Waals surface area contributed by atoms with Crippen molar-refractivity contribution < 1.29 is 4.79 Å². The molecule has 28 heavy (non-hydrogen) atoms. The number of nitrogens with zero attached hydrogens (tertiary/aromatic N) is 2. The minimum atomic E-state index is -0.202. The van der Waals surface area contributed by atoms with Gasteiger partial charge in [-0.05, 0) is 80.3 Å². The van der Waals surface area contributed by atoms with Gasteiger partial charge >= 0.3 is 0 Å². The Morgan fingerprint density at radius 2 is 1.68 bits per heavy atom. The predicted molar refractivity (Wildman–Crippen MR) is 115 cm³/mol. The number of nitrogens with one attached hydrogen (secondary N) is 1. The van der Waals surface area contributed by atoms with Crippen LogP contribution < -0.4 is 10.9 Å². The Bertz CT molecular complexity index is 1070. The van der Waals surface area contributed by atoms with Crippen molar-refractivity contribution in [3.63, 3.8) is 0 Å². The molecule has 6 heteroatoms. The molecule has 0 atom stereocenters. The van der Waals surface area contributed by atoms with Crippen LogP contribution in [0.5, 0.6) is 0 Å². The van der Waals surface area contributed by atoms with Gasteiger partial charge < -0.3 is 5.32 Å². The second-order valence-electron chi connectivity index (χ2n) is 6.90. The first-order chi connectivity index (χ1) is 13.3. The molecule has 2 aromatic carbocycles. The maximum absolute atomic E-state index is 12.3. The van der Waals surface area contributed by atoms with E-state index in [0.29, 0.717) is 5.03 Å². The van der Waals surface area contributed by atoms with E-state index in [4.69, 9.17) is 0 Å². The standard InChI is InChI=1S/C22H23N3O2S/c1-14-9-15(2)11-18(10-14)23-20(26)13-28-21-7-8-22(27)25(24-21)19-6-5-16(3)17(4)12-19/h5-12H,13H2,1-4H3,(H,23,26). The average molecular weight is 394 g/mol. The molecule has 0 saturated carbocycles. The lowest BCUT2D eigenvalue weighted by molar-refractivity contribution is -0.113. The van der Waals surface area contributed by atoms with Gasteiger partial charge in [-0.15, -0.1) is 0 Å². The van der Waals surface area contributed by atoms with E-state index in [2.05, 4.69) is 16.5 Å². The van der Waals surface area contributed by atoms with Crippen molar-refractivity contribution in [3.05, 3.63) is 81.1 Å². The van der Waals surface area contributed by atoms with Gasteiger partial charge in [-0.2, -0.15) is 9.78 Å². The summed E-state index contributed by atoms with van der Waals surface area (Å²) >= 11 is 1.30. The van der Waals surface area contributed by atoms with Crippen molar-refractivity contribution in [1.29, 1.82) is 0 Å². The van der Waals surface area contributed by atoms with Crippen LogP contribution in [0.4, 0.5) is 5.69 Å². The number of thioether (sulfide) groups is 1. The summed E-state index contributed by atoms with van der Waals surface area (Å²) in [5.41, 5.74) is 5.76. The normalized spacial score (nSPS) is 10.7. The second-order valence-corrected chi connectivity index (χ2v) is 7.90. The average Bonchev–Trinajstić information content (AvgIpc) is 2.62. The van der Waals surface area contributed by atoms with Gasteiger partial charge in [0, 0.05) is 11.8 Å². The Morgan fingerprint density at radius 3 is 2.36 bits per heavy atom. The molecule has 0 spiro atoms.